The minimum absolute atomic E-state index is 0.0281. The summed E-state index contributed by atoms with van der Waals surface area (Å²) in [5, 5.41) is 17.3. The van der Waals surface area contributed by atoms with Crippen molar-refractivity contribution in [3.8, 4) is 11.5 Å². The molecule has 0 radical (unpaired) electrons. The molecule has 0 spiro atoms. The summed E-state index contributed by atoms with van der Waals surface area (Å²) in [6.45, 7) is 14.1. The molecule has 0 fully saturated rings. The molecule has 2 N–H and O–H groups in total. The van der Waals surface area contributed by atoms with Crippen LogP contribution in [-0.2, 0) is 25.8 Å². The van der Waals surface area contributed by atoms with Crippen LogP contribution in [0.25, 0.3) is 0 Å². The lowest BCUT2D eigenvalue weighted by molar-refractivity contribution is 0.113. The molecule has 2 aromatic rings. The van der Waals surface area contributed by atoms with E-state index < -0.39 is 27.7 Å². The molecule has 0 amide bonds. The van der Waals surface area contributed by atoms with Gasteiger partial charge in [-0.15, -0.1) is 0 Å². The van der Waals surface area contributed by atoms with Crippen LogP contribution in [0, 0.1) is 0 Å². The van der Waals surface area contributed by atoms with Gasteiger partial charge in [0, 0.05) is 19.7 Å². The van der Waals surface area contributed by atoms with Crippen molar-refractivity contribution in [1.29, 1.82) is 0 Å². The lowest BCUT2D eigenvalue weighted by Crippen LogP contribution is -2.30. The summed E-state index contributed by atoms with van der Waals surface area (Å²) in [5.74, 6) is 0.708. The Morgan fingerprint density at radius 2 is 1.41 bits per heavy atom. The van der Waals surface area contributed by atoms with Crippen molar-refractivity contribution in [3.05, 3.63) is 59.7 Å². The first-order valence-electron chi connectivity index (χ1n) is 11.5. The number of aliphatic hydroxyl groups is 1. The monoisotopic (exact) mass is 684 g/mol. The van der Waals surface area contributed by atoms with Gasteiger partial charge in [0.1, 0.15) is 34.5 Å². The van der Waals surface area contributed by atoms with Crippen molar-refractivity contribution >= 4 is 62.3 Å². The molecule has 0 saturated heterocycles. The molecular weight excluding hydrogens is 647 g/mol. The fraction of sp³-hybridized carbons (Fsp3) is 0.440. The summed E-state index contributed by atoms with van der Waals surface area (Å²) < 4.78 is 19.7. The zero-order chi connectivity index (χ0) is 28.5. The first kappa shape index (κ1) is 35.4. The van der Waals surface area contributed by atoms with Crippen LogP contribution in [0.2, 0.25) is 45.3 Å². The maximum Gasteiger partial charge on any atom is 0.513 e. The van der Waals surface area contributed by atoms with Gasteiger partial charge in [0.2, 0.25) is 0 Å². The van der Waals surface area contributed by atoms with Gasteiger partial charge in [-0.2, -0.15) is 0 Å². The molecule has 8 nitrogen and oxygen atoms in total. The number of aromatic hydroxyl groups is 1. The van der Waals surface area contributed by atoms with E-state index in [2.05, 4.69) is 44.0 Å². The Morgan fingerprint density at radius 3 is 1.84 bits per heavy atom. The minimum Gasteiger partial charge on any atom is -0.508 e. The van der Waals surface area contributed by atoms with Gasteiger partial charge < -0.3 is 27.5 Å². The Labute approximate surface area is 240 Å². The largest absolute Gasteiger partial charge is 0.513 e. The van der Waals surface area contributed by atoms with Gasteiger partial charge in [0.05, 0.1) is 34.1 Å². The highest BCUT2D eigenvalue weighted by Gasteiger charge is 2.17. The fourth-order valence-electron chi connectivity index (χ4n) is 2.16. The van der Waals surface area contributed by atoms with Gasteiger partial charge in [-0.05, 0) is 41.4 Å². The molecule has 0 saturated carbocycles. The summed E-state index contributed by atoms with van der Waals surface area (Å²) >= 11 is 6.80. The fourth-order valence-corrected chi connectivity index (χ4v) is 3.86. The number of rotatable bonds is 9. The third-order valence-corrected chi connectivity index (χ3v) is 7.29. The molecule has 2 rings (SSSR count). The van der Waals surface area contributed by atoms with Crippen LogP contribution in [0.15, 0.2) is 48.5 Å². The molecule has 0 aliphatic heterocycles. The Morgan fingerprint density at radius 1 is 0.865 bits per heavy atom. The summed E-state index contributed by atoms with van der Waals surface area (Å²) in [6.07, 6.45) is -0.178. The van der Waals surface area contributed by atoms with Crippen LogP contribution in [0.1, 0.15) is 11.1 Å². The van der Waals surface area contributed by atoms with Gasteiger partial charge in [-0.1, -0.05) is 63.5 Å². The van der Waals surface area contributed by atoms with E-state index in [1.165, 1.54) is 0 Å². The number of phenols is 1. The van der Waals surface area contributed by atoms with E-state index in [0.717, 1.165) is 17.2 Å². The van der Waals surface area contributed by atoms with E-state index in [4.69, 9.17) is 34.4 Å². The van der Waals surface area contributed by atoms with Crippen molar-refractivity contribution in [2.24, 2.45) is 0 Å². The Bertz CT molecular complexity index is 914. The van der Waals surface area contributed by atoms with Gasteiger partial charge in [0.25, 0.3) is 0 Å². The molecule has 12 heteroatoms. The van der Waals surface area contributed by atoms with Crippen LogP contribution < -0.4 is 4.74 Å². The summed E-state index contributed by atoms with van der Waals surface area (Å²) in [4.78, 5) is 21.5. The molecule has 37 heavy (non-hydrogen) atoms. The first-order valence-corrected chi connectivity index (χ1v) is 20.2. The third-order valence-electron chi connectivity index (χ3n) is 4.16. The highest BCUT2D eigenvalue weighted by atomic mass is 127. The topological polar surface area (TPSA) is 112 Å². The quantitative estimate of drug-likeness (QED) is 0.0917. The second kappa shape index (κ2) is 18.6. The number of carbonyl (C=O) groups is 2. The average molecular weight is 685 g/mol. The zero-order valence-electron chi connectivity index (χ0n) is 22.3. The average Bonchev–Trinajstić information content (AvgIpc) is 2.79. The SMILES string of the molecule is C[Si](C)(C)CCOC(=O)Cl.C[Si](C)(C)COC(=O)Oc1ccc(COI)cc1.OCc1ccc(O)cc1. The number of ether oxygens (including phenoxy) is 3. The van der Waals surface area contributed by atoms with Crippen molar-refractivity contribution in [2.45, 2.75) is 58.5 Å². The molecule has 0 atom stereocenters. The highest BCUT2D eigenvalue weighted by Crippen LogP contribution is 2.15. The van der Waals surface area contributed by atoms with Crippen molar-refractivity contribution in [2.75, 3.05) is 12.8 Å². The zero-order valence-corrected chi connectivity index (χ0v) is 27.2. The molecule has 208 valence electrons. The molecule has 0 aromatic heterocycles. The smallest absolute Gasteiger partial charge is 0.508 e. The van der Waals surface area contributed by atoms with Crippen LogP contribution in [0.3, 0.4) is 0 Å². The second-order valence-corrected chi connectivity index (χ2v) is 22.3. The van der Waals surface area contributed by atoms with E-state index in [1.807, 2.05) is 35.1 Å². The number of carbonyl (C=O) groups excluding carboxylic acids is 2. The maximum atomic E-state index is 11.4. The van der Waals surface area contributed by atoms with Gasteiger partial charge in [-0.25, -0.2) is 9.59 Å². The van der Waals surface area contributed by atoms with Crippen LogP contribution in [0.4, 0.5) is 9.59 Å². The number of aliphatic hydroxyl groups excluding tert-OH is 1. The molecular formula is C25H38ClIO8Si2. The van der Waals surface area contributed by atoms with E-state index >= 15 is 0 Å². The highest BCUT2D eigenvalue weighted by molar-refractivity contribution is 14.1. The van der Waals surface area contributed by atoms with Gasteiger partial charge in [-0.3, -0.25) is 0 Å². The predicted molar refractivity (Wildman–Crippen MR) is 160 cm³/mol. The van der Waals surface area contributed by atoms with Crippen molar-refractivity contribution in [1.82, 2.24) is 0 Å². The van der Waals surface area contributed by atoms with Crippen molar-refractivity contribution in [3.63, 3.8) is 0 Å². The minimum atomic E-state index is -1.40. The lowest BCUT2D eigenvalue weighted by Gasteiger charge is -2.15. The van der Waals surface area contributed by atoms with E-state index in [9.17, 15) is 9.59 Å². The van der Waals surface area contributed by atoms with E-state index in [1.54, 1.807) is 36.4 Å². The molecule has 0 aliphatic carbocycles. The normalized spacial score (nSPS) is 10.7. The number of hydrogen-bond acceptors (Lipinski definition) is 8. The molecule has 2 aromatic carbocycles. The standard InChI is InChI=1S/C12H17IO4Si.C7H8O2.C6H13ClO2Si/c1-18(2,3)9-15-12(14)17-11-6-4-10(5-7-11)8-16-13;8-5-6-1-3-7(9)4-2-6;1-10(2,3)5-4-9-6(7)8/h4-7H,8-9H2,1-3H3;1-4,8-9H,5H2;4-5H2,1-3H3. The Balaban J connectivity index is 0.000000577. The maximum absolute atomic E-state index is 11.4. The van der Waals surface area contributed by atoms with Crippen molar-refractivity contribution < 1.29 is 37.1 Å². The van der Waals surface area contributed by atoms with E-state index in [0.29, 0.717) is 25.2 Å². The van der Waals surface area contributed by atoms with Gasteiger partial charge in [0.15, 0.2) is 0 Å². The molecule has 0 unspecified atom stereocenters. The number of phenolic OH excluding ortho intramolecular Hbond substituents is 1. The predicted octanol–water partition coefficient (Wildman–Crippen LogP) is 7.53. The number of hydrogen-bond donors (Lipinski definition) is 2. The van der Waals surface area contributed by atoms with Crippen LogP contribution >= 0.6 is 34.6 Å². The Kier molecular flexibility index (Phi) is 17.8. The molecule has 0 bridgehead atoms. The first-order chi connectivity index (χ1) is 17.1. The van der Waals surface area contributed by atoms with Gasteiger partial charge >= 0.3 is 11.6 Å². The summed E-state index contributed by atoms with van der Waals surface area (Å²) in [7, 11) is -2.46. The second-order valence-electron chi connectivity index (χ2n) is 10.3. The number of benzene rings is 2. The molecule has 0 heterocycles. The van der Waals surface area contributed by atoms with Crippen LogP contribution in [-0.4, -0.2) is 50.8 Å². The Hall–Kier alpha value is -1.65. The molecule has 0 aliphatic rings. The number of halogens is 2. The summed E-state index contributed by atoms with van der Waals surface area (Å²) in [6, 6.07) is 14.6. The third kappa shape index (κ3) is 22.1. The van der Waals surface area contributed by atoms with Crippen LogP contribution in [0.5, 0.6) is 11.5 Å². The van der Waals surface area contributed by atoms with E-state index in [-0.39, 0.29) is 12.4 Å². The lowest BCUT2D eigenvalue weighted by atomic mass is 10.2. The summed E-state index contributed by atoms with van der Waals surface area (Å²) in [5.41, 5.74) is 1.14.